The molecule has 0 unspecified atom stereocenters. The molecule has 2 N–H and O–H groups in total. The Labute approximate surface area is 122 Å². The second kappa shape index (κ2) is 7.90. The van der Waals surface area contributed by atoms with E-state index >= 15 is 0 Å². The van der Waals surface area contributed by atoms with Crippen LogP contribution in [0.1, 0.15) is 19.3 Å². The minimum Gasteiger partial charge on any atom is -0.379 e. The van der Waals surface area contributed by atoms with Gasteiger partial charge in [0.1, 0.15) is 5.69 Å². The first-order valence-corrected chi connectivity index (χ1v) is 7.17. The van der Waals surface area contributed by atoms with Crippen molar-refractivity contribution in [2.45, 2.75) is 25.4 Å². The van der Waals surface area contributed by atoms with E-state index in [9.17, 15) is 14.5 Å². The number of hydrogen-bond acceptors (Lipinski definition) is 5. The van der Waals surface area contributed by atoms with Gasteiger partial charge < -0.3 is 15.4 Å². The molecular formula is C14H20FN3O3. The van der Waals surface area contributed by atoms with Gasteiger partial charge >= 0.3 is 5.69 Å². The molecule has 1 fully saturated rings. The molecule has 21 heavy (non-hydrogen) atoms. The van der Waals surface area contributed by atoms with Crippen molar-refractivity contribution in [1.82, 2.24) is 5.32 Å². The number of nitrogens with zero attached hydrogens (tertiary/aromatic N) is 1. The monoisotopic (exact) mass is 297 g/mol. The Morgan fingerprint density at radius 2 is 2.19 bits per heavy atom. The van der Waals surface area contributed by atoms with Gasteiger partial charge in [-0.05, 0) is 44.5 Å². The molecule has 1 saturated heterocycles. The standard InChI is InChI=1S/C14H20FN3O3/c15-12-3-1-4-13(14(12)18(19)20)17-7-2-10-21-11-5-8-16-9-6-11/h1,3-4,11,16-17H,2,5-10H2. The third kappa shape index (κ3) is 4.64. The summed E-state index contributed by atoms with van der Waals surface area (Å²) in [4.78, 5) is 10.1. The quantitative estimate of drug-likeness (QED) is 0.459. The lowest BCUT2D eigenvalue weighted by Crippen LogP contribution is -2.32. The number of benzene rings is 1. The van der Waals surface area contributed by atoms with Crippen LogP contribution in [0.2, 0.25) is 0 Å². The van der Waals surface area contributed by atoms with E-state index in [-0.39, 0.29) is 5.69 Å². The van der Waals surface area contributed by atoms with Crippen LogP contribution >= 0.6 is 0 Å². The van der Waals surface area contributed by atoms with Gasteiger partial charge in [0, 0.05) is 13.2 Å². The van der Waals surface area contributed by atoms with Crippen LogP contribution in [0.15, 0.2) is 18.2 Å². The fraction of sp³-hybridized carbons (Fsp3) is 0.571. The van der Waals surface area contributed by atoms with Gasteiger partial charge in [-0.25, -0.2) is 0 Å². The lowest BCUT2D eigenvalue weighted by molar-refractivity contribution is -0.386. The van der Waals surface area contributed by atoms with Crippen LogP contribution in [-0.4, -0.2) is 37.3 Å². The molecule has 1 aliphatic heterocycles. The molecule has 1 heterocycles. The van der Waals surface area contributed by atoms with E-state index in [1.807, 2.05) is 0 Å². The highest BCUT2D eigenvalue weighted by Crippen LogP contribution is 2.26. The fourth-order valence-electron chi connectivity index (χ4n) is 2.35. The van der Waals surface area contributed by atoms with Crippen LogP contribution in [0.5, 0.6) is 0 Å². The topological polar surface area (TPSA) is 76.4 Å². The van der Waals surface area contributed by atoms with Crippen molar-refractivity contribution in [1.29, 1.82) is 0 Å². The summed E-state index contributed by atoms with van der Waals surface area (Å²) in [6.45, 7) is 3.08. The summed E-state index contributed by atoms with van der Waals surface area (Å²) in [5.74, 6) is -0.823. The zero-order chi connectivity index (χ0) is 15.1. The molecule has 0 aliphatic carbocycles. The number of nitro groups is 1. The van der Waals surface area contributed by atoms with Gasteiger partial charge in [0.2, 0.25) is 5.82 Å². The molecule has 1 aliphatic rings. The molecule has 0 amide bonds. The molecule has 1 aromatic carbocycles. The second-order valence-corrected chi connectivity index (χ2v) is 4.99. The van der Waals surface area contributed by atoms with Gasteiger partial charge in [-0.3, -0.25) is 10.1 Å². The Kier molecular flexibility index (Phi) is 5.89. The van der Waals surface area contributed by atoms with E-state index in [4.69, 9.17) is 4.74 Å². The Bertz CT molecular complexity index is 479. The Morgan fingerprint density at radius 1 is 1.43 bits per heavy atom. The van der Waals surface area contributed by atoms with E-state index < -0.39 is 16.4 Å². The van der Waals surface area contributed by atoms with Crippen molar-refractivity contribution in [3.8, 4) is 0 Å². The number of nitrogens with one attached hydrogen (secondary N) is 2. The molecule has 0 aromatic heterocycles. The zero-order valence-electron chi connectivity index (χ0n) is 11.8. The van der Waals surface area contributed by atoms with Crippen LogP contribution in [0.4, 0.5) is 15.8 Å². The normalized spacial score (nSPS) is 15.9. The van der Waals surface area contributed by atoms with E-state index in [1.165, 1.54) is 12.1 Å². The molecule has 6 nitrogen and oxygen atoms in total. The predicted molar refractivity (Wildman–Crippen MR) is 78.0 cm³/mol. The highest BCUT2D eigenvalue weighted by Gasteiger charge is 2.19. The van der Waals surface area contributed by atoms with Crippen molar-refractivity contribution < 1.29 is 14.1 Å². The van der Waals surface area contributed by atoms with Crippen LogP contribution in [-0.2, 0) is 4.74 Å². The average molecular weight is 297 g/mol. The summed E-state index contributed by atoms with van der Waals surface area (Å²) in [5.41, 5.74) is -0.293. The Balaban J connectivity index is 1.73. The molecule has 2 rings (SSSR count). The number of halogens is 1. The highest BCUT2D eigenvalue weighted by atomic mass is 19.1. The molecule has 0 spiro atoms. The van der Waals surface area contributed by atoms with Gasteiger partial charge in [-0.1, -0.05) is 6.07 Å². The number of nitro benzene ring substituents is 1. The minimum atomic E-state index is -0.823. The maximum Gasteiger partial charge on any atom is 0.327 e. The first kappa shape index (κ1) is 15.7. The summed E-state index contributed by atoms with van der Waals surface area (Å²) < 4.78 is 19.1. The molecule has 0 atom stereocenters. The third-order valence-electron chi connectivity index (χ3n) is 3.45. The van der Waals surface area contributed by atoms with Gasteiger partial charge in [-0.15, -0.1) is 0 Å². The SMILES string of the molecule is O=[N+]([O-])c1c(F)cccc1NCCCOC1CCNCC1. The fourth-order valence-corrected chi connectivity index (χ4v) is 2.35. The predicted octanol–water partition coefficient (Wildman–Crippen LogP) is 2.30. The minimum absolute atomic E-state index is 0.210. The number of ether oxygens (including phenoxy) is 1. The number of piperidine rings is 1. The van der Waals surface area contributed by atoms with Crippen molar-refractivity contribution in [2.24, 2.45) is 0 Å². The summed E-state index contributed by atoms with van der Waals surface area (Å²) in [6.07, 6.45) is 3.05. The molecular weight excluding hydrogens is 277 g/mol. The van der Waals surface area contributed by atoms with Crippen LogP contribution < -0.4 is 10.6 Å². The van der Waals surface area contributed by atoms with Crippen molar-refractivity contribution >= 4 is 11.4 Å². The van der Waals surface area contributed by atoms with Crippen molar-refractivity contribution in [3.05, 3.63) is 34.1 Å². The van der Waals surface area contributed by atoms with Gasteiger partial charge in [0.05, 0.1) is 11.0 Å². The number of anilines is 1. The molecule has 0 saturated carbocycles. The highest BCUT2D eigenvalue weighted by molar-refractivity contribution is 5.61. The number of hydrogen-bond donors (Lipinski definition) is 2. The molecule has 0 radical (unpaired) electrons. The van der Waals surface area contributed by atoms with Crippen LogP contribution in [0.25, 0.3) is 0 Å². The maximum absolute atomic E-state index is 13.4. The molecule has 1 aromatic rings. The second-order valence-electron chi connectivity index (χ2n) is 4.99. The van der Waals surface area contributed by atoms with Gasteiger partial charge in [0.15, 0.2) is 0 Å². The van der Waals surface area contributed by atoms with E-state index in [2.05, 4.69) is 10.6 Å². The van der Waals surface area contributed by atoms with Crippen molar-refractivity contribution in [2.75, 3.05) is 31.6 Å². The van der Waals surface area contributed by atoms with Crippen LogP contribution in [0.3, 0.4) is 0 Å². The maximum atomic E-state index is 13.4. The first-order chi connectivity index (χ1) is 10.2. The average Bonchev–Trinajstić information content (AvgIpc) is 2.47. The first-order valence-electron chi connectivity index (χ1n) is 7.17. The number of para-hydroxylation sites is 1. The summed E-state index contributed by atoms with van der Waals surface area (Å²) in [6, 6.07) is 4.05. The molecule has 7 heteroatoms. The molecule has 0 bridgehead atoms. The third-order valence-corrected chi connectivity index (χ3v) is 3.45. The Hall–Kier alpha value is -1.73. The van der Waals surface area contributed by atoms with Crippen LogP contribution in [0, 0.1) is 15.9 Å². The van der Waals surface area contributed by atoms with Gasteiger partial charge in [-0.2, -0.15) is 4.39 Å². The summed E-state index contributed by atoms with van der Waals surface area (Å²) in [7, 11) is 0. The van der Waals surface area contributed by atoms with Crippen molar-refractivity contribution in [3.63, 3.8) is 0 Å². The summed E-state index contributed by atoms with van der Waals surface area (Å²) >= 11 is 0. The lowest BCUT2D eigenvalue weighted by Gasteiger charge is -2.22. The Morgan fingerprint density at radius 3 is 2.90 bits per heavy atom. The van der Waals surface area contributed by atoms with Gasteiger partial charge in [0.25, 0.3) is 0 Å². The number of rotatable bonds is 7. The smallest absolute Gasteiger partial charge is 0.327 e. The van der Waals surface area contributed by atoms with E-state index in [1.54, 1.807) is 0 Å². The molecule has 116 valence electrons. The zero-order valence-corrected chi connectivity index (χ0v) is 11.8. The summed E-state index contributed by atoms with van der Waals surface area (Å²) in [5, 5.41) is 17.0. The lowest BCUT2D eigenvalue weighted by atomic mass is 10.1. The van der Waals surface area contributed by atoms with E-state index in [0.717, 1.165) is 38.4 Å². The largest absolute Gasteiger partial charge is 0.379 e. The van der Waals surface area contributed by atoms with E-state index in [0.29, 0.717) is 19.3 Å².